The van der Waals surface area contributed by atoms with Crippen LogP contribution in [0.4, 0.5) is 10.1 Å². The van der Waals surface area contributed by atoms with E-state index >= 15 is 0 Å². The second-order valence-electron chi connectivity index (χ2n) is 6.12. The highest BCUT2D eigenvalue weighted by Gasteiger charge is 2.18. The molecule has 1 amide bonds. The van der Waals surface area contributed by atoms with Gasteiger partial charge in [0.15, 0.2) is 5.82 Å². The summed E-state index contributed by atoms with van der Waals surface area (Å²) in [4.78, 5) is 12.1. The van der Waals surface area contributed by atoms with Gasteiger partial charge in [-0.15, -0.1) is 10.2 Å². The van der Waals surface area contributed by atoms with E-state index < -0.39 is 0 Å². The lowest BCUT2D eigenvalue weighted by Crippen LogP contribution is -2.14. The zero-order valence-corrected chi connectivity index (χ0v) is 13.6. The van der Waals surface area contributed by atoms with Crippen LogP contribution in [-0.2, 0) is 24.2 Å². The fourth-order valence-electron chi connectivity index (χ4n) is 3.06. The number of anilines is 1. The number of benzene rings is 2. The van der Waals surface area contributed by atoms with Gasteiger partial charge < -0.3 is 9.88 Å². The molecule has 0 spiro atoms. The number of carbonyl (C=O) groups is 1. The van der Waals surface area contributed by atoms with Crippen LogP contribution < -0.4 is 5.32 Å². The maximum absolute atomic E-state index is 12.9. The summed E-state index contributed by atoms with van der Waals surface area (Å²) in [7, 11) is 0. The Morgan fingerprint density at radius 3 is 2.60 bits per heavy atom. The van der Waals surface area contributed by atoms with Crippen LogP contribution in [-0.4, -0.2) is 20.7 Å². The van der Waals surface area contributed by atoms with E-state index in [1.807, 2.05) is 24.3 Å². The number of hydrogen-bond donors (Lipinski definition) is 1. The maximum Gasteiger partial charge on any atom is 0.228 e. The van der Waals surface area contributed by atoms with Crippen LogP contribution in [0.25, 0.3) is 11.4 Å². The average molecular weight is 336 g/mol. The number of carbonyl (C=O) groups excluding carboxylic acids is 1. The highest BCUT2D eigenvalue weighted by molar-refractivity contribution is 5.92. The molecule has 0 unspecified atom stereocenters. The summed E-state index contributed by atoms with van der Waals surface area (Å²) in [6.45, 7) is 0.952. The molecule has 25 heavy (non-hydrogen) atoms. The number of nitrogens with one attached hydrogen (secondary N) is 1. The lowest BCUT2D eigenvalue weighted by atomic mass is 10.1. The van der Waals surface area contributed by atoms with Crippen LogP contribution in [0.1, 0.15) is 17.8 Å². The smallest absolute Gasteiger partial charge is 0.228 e. The molecule has 0 saturated carbocycles. The molecule has 3 aromatic rings. The molecule has 126 valence electrons. The topological polar surface area (TPSA) is 59.8 Å². The van der Waals surface area contributed by atoms with Gasteiger partial charge in [-0.25, -0.2) is 4.39 Å². The first-order valence-corrected chi connectivity index (χ1v) is 8.26. The van der Waals surface area contributed by atoms with Crippen LogP contribution in [0.5, 0.6) is 0 Å². The van der Waals surface area contributed by atoms with E-state index in [0.29, 0.717) is 0 Å². The monoisotopic (exact) mass is 336 g/mol. The zero-order chi connectivity index (χ0) is 17.2. The van der Waals surface area contributed by atoms with Gasteiger partial charge in [0.05, 0.1) is 6.42 Å². The van der Waals surface area contributed by atoms with Gasteiger partial charge in [-0.2, -0.15) is 0 Å². The quantitative estimate of drug-likeness (QED) is 0.796. The molecule has 5 nitrogen and oxygen atoms in total. The molecule has 0 fully saturated rings. The Morgan fingerprint density at radius 1 is 1.08 bits per heavy atom. The van der Waals surface area contributed by atoms with Crippen LogP contribution in [0.3, 0.4) is 0 Å². The molecule has 0 aliphatic carbocycles. The Kier molecular flexibility index (Phi) is 4.01. The van der Waals surface area contributed by atoms with Crippen molar-refractivity contribution in [3.05, 3.63) is 65.7 Å². The molecule has 1 aliphatic rings. The SMILES string of the molecule is O=C(Cc1ccc(F)cc1)Nc1ccc(-c2nnc3n2CCC3)cc1. The van der Waals surface area contributed by atoms with Crippen molar-refractivity contribution < 1.29 is 9.18 Å². The minimum Gasteiger partial charge on any atom is -0.326 e. The molecule has 4 rings (SSSR count). The van der Waals surface area contributed by atoms with Crippen LogP contribution >= 0.6 is 0 Å². The normalized spacial score (nSPS) is 12.8. The summed E-state index contributed by atoms with van der Waals surface area (Å²) < 4.78 is 15.0. The van der Waals surface area contributed by atoms with E-state index in [1.54, 1.807) is 12.1 Å². The third-order valence-corrected chi connectivity index (χ3v) is 4.31. The molecular weight excluding hydrogens is 319 g/mol. The number of aryl methyl sites for hydroxylation is 1. The van der Waals surface area contributed by atoms with Crippen molar-refractivity contribution in [1.82, 2.24) is 14.8 Å². The first-order chi connectivity index (χ1) is 12.2. The fraction of sp³-hybridized carbons (Fsp3) is 0.211. The Hall–Kier alpha value is -3.02. The zero-order valence-electron chi connectivity index (χ0n) is 13.6. The first-order valence-electron chi connectivity index (χ1n) is 8.26. The lowest BCUT2D eigenvalue weighted by Gasteiger charge is -2.07. The number of nitrogens with zero attached hydrogens (tertiary/aromatic N) is 3. The minimum absolute atomic E-state index is 0.136. The molecule has 0 bridgehead atoms. The molecule has 2 heterocycles. The number of fused-ring (bicyclic) bond motifs is 1. The highest BCUT2D eigenvalue weighted by Crippen LogP contribution is 2.24. The summed E-state index contributed by atoms with van der Waals surface area (Å²) >= 11 is 0. The van der Waals surface area contributed by atoms with Crippen molar-refractivity contribution in [2.45, 2.75) is 25.8 Å². The molecule has 1 aromatic heterocycles. The van der Waals surface area contributed by atoms with Gasteiger partial charge in [-0.3, -0.25) is 4.79 Å². The fourth-order valence-corrected chi connectivity index (χ4v) is 3.06. The first kappa shape index (κ1) is 15.5. The Labute approximate surface area is 144 Å². The summed E-state index contributed by atoms with van der Waals surface area (Å²) in [5.74, 6) is 1.46. The molecule has 0 atom stereocenters. The van der Waals surface area contributed by atoms with Gasteiger partial charge in [-0.1, -0.05) is 12.1 Å². The summed E-state index contributed by atoms with van der Waals surface area (Å²) in [5.41, 5.74) is 2.48. The molecule has 0 radical (unpaired) electrons. The summed E-state index contributed by atoms with van der Waals surface area (Å²) in [6, 6.07) is 13.5. The van der Waals surface area contributed by atoms with Crippen molar-refractivity contribution in [2.24, 2.45) is 0 Å². The van der Waals surface area contributed by atoms with Crippen molar-refractivity contribution in [3.63, 3.8) is 0 Å². The summed E-state index contributed by atoms with van der Waals surface area (Å²) in [5, 5.41) is 11.3. The number of amides is 1. The highest BCUT2D eigenvalue weighted by atomic mass is 19.1. The van der Waals surface area contributed by atoms with Crippen molar-refractivity contribution >= 4 is 11.6 Å². The molecular formula is C19H17FN4O. The third-order valence-electron chi connectivity index (χ3n) is 4.31. The van der Waals surface area contributed by atoms with Gasteiger partial charge in [-0.05, 0) is 48.4 Å². The van der Waals surface area contributed by atoms with E-state index in [2.05, 4.69) is 20.1 Å². The predicted octanol–water partition coefficient (Wildman–Crippen LogP) is 3.21. The number of hydrogen-bond acceptors (Lipinski definition) is 3. The molecule has 1 N–H and O–H groups in total. The third kappa shape index (κ3) is 3.28. The maximum atomic E-state index is 12.9. The van der Waals surface area contributed by atoms with Gasteiger partial charge in [0.25, 0.3) is 0 Å². The predicted molar refractivity (Wildman–Crippen MR) is 92.5 cm³/mol. The second-order valence-corrected chi connectivity index (χ2v) is 6.12. The van der Waals surface area contributed by atoms with E-state index in [9.17, 15) is 9.18 Å². The standard InChI is InChI=1S/C19H17FN4O/c20-15-7-3-13(4-8-15)12-18(25)21-16-9-5-14(6-10-16)19-23-22-17-2-1-11-24(17)19/h3-10H,1-2,11-12H2,(H,21,25). The van der Waals surface area contributed by atoms with Gasteiger partial charge in [0.2, 0.25) is 5.91 Å². The Bertz CT molecular complexity index is 900. The lowest BCUT2D eigenvalue weighted by molar-refractivity contribution is -0.115. The minimum atomic E-state index is -0.306. The summed E-state index contributed by atoms with van der Waals surface area (Å²) in [6.07, 6.45) is 2.29. The number of halogens is 1. The second kappa shape index (κ2) is 6.47. The van der Waals surface area contributed by atoms with Gasteiger partial charge in [0, 0.05) is 24.2 Å². The van der Waals surface area contributed by atoms with E-state index in [-0.39, 0.29) is 18.1 Å². The van der Waals surface area contributed by atoms with E-state index in [1.165, 1.54) is 12.1 Å². The van der Waals surface area contributed by atoms with Gasteiger partial charge in [0.1, 0.15) is 11.6 Å². The van der Waals surface area contributed by atoms with Crippen molar-refractivity contribution in [3.8, 4) is 11.4 Å². The average Bonchev–Trinajstić information content (AvgIpc) is 3.21. The van der Waals surface area contributed by atoms with Crippen molar-refractivity contribution in [2.75, 3.05) is 5.32 Å². The van der Waals surface area contributed by atoms with E-state index in [4.69, 9.17) is 0 Å². The Morgan fingerprint density at radius 2 is 1.84 bits per heavy atom. The largest absolute Gasteiger partial charge is 0.326 e. The van der Waals surface area contributed by atoms with Crippen LogP contribution in [0, 0.1) is 5.82 Å². The van der Waals surface area contributed by atoms with Crippen LogP contribution in [0.15, 0.2) is 48.5 Å². The molecule has 2 aromatic carbocycles. The molecule has 0 saturated heterocycles. The van der Waals surface area contributed by atoms with E-state index in [0.717, 1.165) is 47.8 Å². The van der Waals surface area contributed by atoms with Gasteiger partial charge >= 0.3 is 0 Å². The van der Waals surface area contributed by atoms with Crippen LogP contribution in [0.2, 0.25) is 0 Å². The molecule has 6 heteroatoms. The Balaban J connectivity index is 1.43. The number of aromatic nitrogens is 3. The van der Waals surface area contributed by atoms with Crippen molar-refractivity contribution in [1.29, 1.82) is 0 Å². The number of rotatable bonds is 4. The molecule has 1 aliphatic heterocycles.